The Hall–Kier alpha value is -0.0100. The van der Waals surface area contributed by atoms with Crippen molar-refractivity contribution in [3.8, 4) is 0 Å². The predicted molar refractivity (Wildman–Crippen MR) is 87.2 cm³/mol. The van der Waals surface area contributed by atoms with Gasteiger partial charge in [0.25, 0.3) is 0 Å². The van der Waals surface area contributed by atoms with Crippen molar-refractivity contribution in [2.45, 2.75) is 59.3 Å². The minimum atomic E-state index is 0.408. The lowest BCUT2D eigenvalue weighted by Gasteiger charge is -2.43. The zero-order chi connectivity index (χ0) is 13.9. The van der Waals surface area contributed by atoms with Gasteiger partial charge in [0.15, 0.2) is 0 Å². The van der Waals surface area contributed by atoms with Gasteiger partial charge in [-0.2, -0.15) is 11.3 Å². The lowest BCUT2D eigenvalue weighted by molar-refractivity contribution is 0.0959. The molecule has 0 aromatic carbocycles. The summed E-state index contributed by atoms with van der Waals surface area (Å²) >= 11 is 8.15. The van der Waals surface area contributed by atoms with E-state index in [-0.39, 0.29) is 0 Å². The number of thiophene rings is 1. The van der Waals surface area contributed by atoms with Gasteiger partial charge in [-0.05, 0) is 77.7 Å². The molecule has 1 aliphatic rings. The van der Waals surface area contributed by atoms with Gasteiger partial charge in [-0.3, -0.25) is 0 Å². The number of halogens is 1. The lowest BCUT2D eigenvalue weighted by atomic mass is 9.63. The zero-order valence-corrected chi connectivity index (χ0v) is 14.1. The van der Waals surface area contributed by atoms with E-state index in [1.165, 1.54) is 44.1 Å². The van der Waals surface area contributed by atoms with Crippen molar-refractivity contribution in [2.75, 3.05) is 5.88 Å². The zero-order valence-electron chi connectivity index (χ0n) is 12.5. The normalized spacial score (nSPS) is 28.5. The molecule has 0 radical (unpaired) electrons. The first-order valence-electron chi connectivity index (χ1n) is 7.52. The van der Waals surface area contributed by atoms with Crippen molar-refractivity contribution >= 4 is 22.9 Å². The second-order valence-corrected chi connectivity index (χ2v) is 8.45. The van der Waals surface area contributed by atoms with Gasteiger partial charge in [-0.15, -0.1) is 11.6 Å². The fourth-order valence-corrected chi connectivity index (χ4v) is 4.50. The summed E-state index contributed by atoms with van der Waals surface area (Å²) in [5, 5.41) is 4.46. The van der Waals surface area contributed by atoms with Crippen LogP contribution in [0.3, 0.4) is 0 Å². The molecule has 1 heterocycles. The summed E-state index contributed by atoms with van der Waals surface area (Å²) in [6, 6.07) is 2.26. The topological polar surface area (TPSA) is 0 Å². The molecule has 1 fully saturated rings. The van der Waals surface area contributed by atoms with Crippen molar-refractivity contribution in [1.82, 2.24) is 0 Å². The lowest BCUT2D eigenvalue weighted by Crippen LogP contribution is -2.34. The smallest absolute Gasteiger partial charge is 0.0280 e. The fourth-order valence-electron chi connectivity index (χ4n) is 3.39. The third-order valence-electron chi connectivity index (χ3n) is 5.08. The minimum Gasteiger partial charge on any atom is -0.152 e. The molecule has 1 aromatic heterocycles. The van der Waals surface area contributed by atoms with Gasteiger partial charge in [0, 0.05) is 5.88 Å². The SMILES string of the molecule is CC(C)(C)C1CCC(CCl)(CCc2ccsc2)CC1. The maximum Gasteiger partial charge on any atom is 0.0280 e. The van der Waals surface area contributed by atoms with Crippen LogP contribution < -0.4 is 0 Å². The fraction of sp³-hybridized carbons (Fsp3) is 0.765. The van der Waals surface area contributed by atoms with Crippen molar-refractivity contribution in [3.63, 3.8) is 0 Å². The van der Waals surface area contributed by atoms with Gasteiger partial charge in [0.2, 0.25) is 0 Å². The van der Waals surface area contributed by atoms with E-state index in [0.29, 0.717) is 10.8 Å². The highest BCUT2D eigenvalue weighted by Gasteiger charge is 2.37. The van der Waals surface area contributed by atoms with Crippen molar-refractivity contribution < 1.29 is 0 Å². The Morgan fingerprint density at radius 2 is 2.00 bits per heavy atom. The summed E-state index contributed by atoms with van der Waals surface area (Å²) in [5.41, 5.74) is 2.37. The maximum absolute atomic E-state index is 6.34. The van der Waals surface area contributed by atoms with Crippen molar-refractivity contribution in [3.05, 3.63) is 22.4 Å². The van der Waals surface area contributed by atoms with Crippen LogP contribution in [-0.2, 0) is 6.42 Å². The number of hydrogen-bond acceptors (Lipinski definition) is 1. The second kappa shape index (κ2) is 6.18. The predicted octanol–water partition coefficient (Wildman–Crippen LogP) is 6.14. The maximum atomic E-state index is 6.34. The minimum absolute atomic E-state index is 0.408. The molecule has 0 N–H and O–H groups in total. The van der Waals surface area contributed by atoms with Crippen LogP contribution in [0.15, 0.2) is 16.8 Å². The van der Waals surface area contributed by atoms with Crippen LogP contribution in [0.2, 0.25) is 0 Å². The molecular weight excluding hydrogens is 272 g/mol. The molecule has 108 valence electrons. The van der Waals surface area contributed by atoms with Crippen LogP contribution in [-0.4, -0.2) is 5.88 Å². The summed E-state index contributed by atoms with van der Waals surface area (Å²) in [7, 11) is 0. The van der Waals surface area contributed by atoms with E-state index in [0.717, 1.165) is 11.8 Å². The van der Waals surface area contributed by atoms with Gasteiger partial charge in [0.05, 0.1) is 0 Å². The van der Waals surface area contributed by atoms with Crippen LogP contribution in [0.25, 0.3) is 0 Å². The second-order valence-electron chi connectivity index (χ2n) is 7.41. The molecule has 0 nitrogen and oxygen atoms in total. The third kappa shape index (κ3) is 3.98. The Balaban J connectivity index is 1.90. The highest BCUT2D eigenvalue weighted by Crippen LogP contribution is 2.48. The van der Waals surface area contributed by atoms with E-state index in [2.05, 4.69) is 37.6 Å². The Kier molecular flexibility index (Phi) is 5.00. The number of alkyl halides is 1. The summed E-state index contributed by atoms with van der Waals surface area (Å²) in [6.45, 7) is 7.16. The summed E-state index contributed by atoms with van der Waals surface area (Å²) in [6.07, 6.45) is 7.84. The molecule has 1 saturated carbocycles. The van der Waals surface area contributed by atoms with E-state index in [1.54, 1.807) is 11.3 Å². The average Bonchev–Trinajstić information content (AvgIpc) is 2.89. The summed E-state index contributed by atoms with van der Waals surface area (Å²) in [4.78, 5) is 0. The third-order valence-corrected chi connectivity index (χ3v) is 6.38. The van der Waals surface area contributed by atoms with Crippen LogP contribution in [0.4, 0.5) is 0 Å². The highest BCUT2D eigenvalue weighted by molar-refractivity contribution is 7.07. The Labute approximate surface area is 127 Å². The number of rotatable bonds is 4. The van der Waals surface area contributed by atoms with Crippen molar-refractivity contribution in [1.29, 1.82) is 0 Å². The molecule has 0 unspecified atom stereocenters. The van der Waals surface area contributed by atoms with E-state index in [9.17, 15) is 0 Å². The largest absolute Gasteiger partial charge is 0.152 e. The molecule has 0 bridgehead atoms. The van der Waals surface area contributed by atoms with E-state index < -0.39 is 0 Å². The van der Waals surface area contributed by atoms with Crippen LogP contribution in [0.5, 0.6) is 0 Å². The Morgan fingerprint density at radius 1 is 1.32 bits per heavy atom. The Morgan fingerprint density at radius 3 is 2.47 bits per heavy atom. The molecule has 0 amide bonds. The van der Waals surface area contributed by atoms with Gasteiger partial charge >= 0.3 is 0 Å². The molecule has 0 atom stereocenters. The molecule has 2 heteroatoms. The van der Waals surface area contributed by atoms with E-state index >= 15 is 0 Å². The van der Waals surface area contributed by atoms with Gasteiger partial charge < -0.3 is 0 Å². The quantitative estimate of drug-likeness (QED) is 0.585. The van der Waals surface area contributed by atoms with Crippen LogP contribution >= 0.6 is 22.9 Å². The molecule has 19 heavy (non-hydrogen) atoms. The van der Waals surface area contributed by atoms with E-state index in [1.807, 2.05) is 0 Å². The molecule has 0 saturated heterocycles. The molecule has 0 spiro atoms. The first kappa shape index (κ1) is 15.4. The molecule has 0 aliphatic heterocycles. The standard InChI is InChI=1S/C17H27ClS/c1-16(2,3)15-5-9-17(13-18,10-6-15)8-4-14-7-11-19-12-14/h7,11-12,15H,4-6,8-10,13H2,1-3H3. The van der Waals surface area contributed by atoms with Crippen molar-refractivity contribution in [2.24, 2.45) is 16.7 Å². The highest BCUT2D eigenvalue weighted by atomic mass is 35.5. The van der Waals surface area contributed by atoms with Crippen LogP contribution in [0, 0.1) is 16.7 Å². The number of aryl methyl sites for hydroxylation is 1. The molecule has 1 aromatic rings. The first-order chi connectivity index (χ1) is 8.95. The van der Waals surface area contributed by atoms with Gasteiger partial charge in [0.1, 0.15) is 0 Å². The molecular formula is C17H27ClS. The monoisotopic (exact) mass is 298 g/mol. The van der Waals surface area contributed by atoms with Gasteiger partial charge in [-0.1, -0.05) is 20.8 Å². The van der Waals surface area contributed by atoms with E-state index in [4.69, 9.17) is 11.6 Å². The molecule has 2 rings (SSSR count). The van der Waals surface area contributed by atoms with Crippen LogP contribution in [0.1, 0.15) is 58.4 Å². The summed E-state index contributed by atoms with van der Waals surface area (Å²) in [5.74, 6) is 1.72. The first-order valence-corrected chi connectivity index (χ1v) is 9.00. The summed E-state index contributed by atoms with van der Waals surface area (Å²) < 4.78 is 0. The number of hydrogen-bond donors (Lipinski definition) is 0. The average molecular weight is 299 g/mol. The van der Waals surface area contributed by atoms with Gasteiger partial charge in [-0.25, -0.2) is 0 Å². The Bertz CT molecular complexity index is 366. The molecule has 1 aliphatic carbocycles.